The van der Waals surface area contributed by atoms with Crippen molar-refractivity contribution in [1.29, 1.82) is 5.41 Å². The van der Waals surface area contributed by atoms with Gasteiger partial charge in [0.25, 0.3) is 0 Å². The predicted molar refractivity (Wildman–Crippen MR) is 137 cm³/mol. The van der Waals surface area contributed by atoms with E-state index >= 15 is 0 Å². The van der Waals surface area contributed by atoms with E-state index in [4.69, 9.17) is 10.4 Å². The molecule has 4 heteroatoms. The molecule has 1 aromatic heterocycles. The Hall–Kier alpha value is -2.75. The molecule has 166 valence electrons. The average Bonchev–Trinajstić information content (AvgIpc) is 2.75. The molecule has 4 nitrogen and oxygen atoms in total. The monoisotopic (exact) mass is 418 g/mol. The van der Waals surface area contributed by atoms with Crippen LogP contribution in [0.1, 0.15) is 70.9 Å². The second kappa shape index (κ2) is 12.2. The Morgan fingerprint density at radius 1 is 1.23 bits per heavy atom. The van der Waals surface area contributed by atoms with Gasteiger partial charge in [-0.25, -0.2) is 9.98 Å². The SMILES string of the molecule is C=C/C=C(\C=C(/C)CC)C(=N)C/C=C/c1cc(C)c(N=C(C)C)nc1N1CCCCC1. The summed E-state index contributed by atoms with van der Waals surface area (Å²) in [5, 5.41) is 8.53. The molecule has 0 spiro atoms. The zero-order valence-electron chi connectivity index (χ0n) is 20.0. The minimum atomic E-state index is 0.569. The highest BCUT2D eigenvalue weighted by Gasteiger charge is 2.17. The van der Waals surface area contributed by atoms with Crippen molar-refractivity contribution in [3.8, 4) is 0 Å². The molecule has 1 fully saturated rings. The largest absolute Gasteiger partial charge is 0.356 e. The summed E-state index contributed by atoms with van der Waals surface area (Å²) in [6.45, 7) is 16.2. The number of hydrogen-bond donors (Lipinski definition) is 1. The van der Waals surface area contributed by atoms with E-state index < -0.39 is 0 Å². The van der Waals surface area contributed by atoms with Crippen LogP contribution in [-0.2, 0) is 0 Å². The van der Waals surface area contributed by atoms with Crippen LogP contribution < -0.4 is 4.90 Å². The minimum Gasteiger partial charge on any atom is -0.356 e. The van der Waals surface area contributed by atoms with Gasteiger partial charge in [-0.05, 0) is 70.6 Å². The predicted octanol–water partition coefficient (Wildman–Crippen LogP) is 7.38. The molecule has 1 N–H and O–H groups in total. The normalized spacial score (nSPS) is 15.3. The van der Waals surface area contributed by atoms with E-state index in [0.717, 1.165) is 53.6 Å². The molecule has 0 atom stereocenters. The van der Waals surface area contributed by atoms with E-state index in [2.05, 4.69) is 61.5 Å². The fourth-order valence-corrected chi connectivity index (χ4v) is 3.57. The molecule has 0 saturated carbocycles. The van der Waals surface area contributed by atoms with Crippen LogP contribution in [0.3, 0.4) is 0 Å². The molecular weight excluding hydrogens is 380 g/mol. The Morgan fingerprint density at radius 3 is 2.55 bits per heavy atom. The van der Waals surface area contributed by atoms with Crippen molar-refractivity contribution in [3.63, 3.8) is 0 Å². The first-order valence-corrected chi connectivity index (χ1v) is 11.4. The first-order valence-electron chi connectivity index (χ1n) is 11.4. The molecule has 1 aromatic rings. The van der Waals surface area contributed by atoms with Gasteiger partial charge in [0, 0.05) is 36.5 Å². The lowest BCUT2D eigenvalue weighted by molar-refractivity contribution is 0.573. The summed E-state index contributed by atoms with van der Waals surface area (Å²) in [4.78, 5) is 12.0. The van der Waals surface area contributed by atoms with Crippen LogP contribution in [0, 0.1) is 12.3 Å². The van der Waals surface area contributed by atoms with Crippen LogP contribution in [-0.4, -0.2) is 29.5 Å². The van der Waals surface area contributed by atoms with Gasteiger partial charge >= 0.3 is 0 Å². The standard InChI is InChI=1S/C27H38N4/c1-7-13-23(18-21(5)8-2)25(28)15-12-14-24-19-22(6)26(29-20(3)4)30-27(24)31-16-10-9-11-17-31/h7,12-14,18-19,28H,1,8-11,15-17H2,2-6H3/b14-12+,21-18+,23-13+,28-25?. The van der Waals surface area contributed by atoms with Gasteiger partial charge < -0.3 is 10.3 Å². The van der Waals surface area contributed by atoms with E-state index in [1.165, 1.54) is 24.8 Å². The van der Waals surface area contributed by atoms with Gasteiger partial charge in [-0.15, -0.1) is 0 Å². The van der Waals surface area contributed by atoms with Crippen LogP contribution in [0.5, 0.6) is 0 Å². The number of allylic oxidation sites excluding steroid dienone is 6. The Balaban J connectivity index is 2.31. The summed E-state index contributed by atoms with van der Waals surface area (Å²) in [7, 11) is 0. The molecule has 1 saturated heterocycles. The van der Waals surface area contributed by atoms with Gasteiger partial charge in [0.2, 0.25) is 0 Å². The second-order valence-electron chi connectivity index (χ2n) is 8.44. The van der Waals surface area contributed by atoms with E-state index in [-0.39, 0.29) is 0 Å². The number of nitrogens with zero attached hydrogens (tertiary/aromatic N) is 3. The number of rotatable bonds is 9. The molecule has 2 heterocycles. The average molecular weight is 419 g/mol. The van der Waals surface area contributed by atoms with E-state index in [9.17, 15) is 0 Å². The maximum atomic E-state index is 8.53. The summed E-state index contributed by atoms with van der Waals surface area (Å²) >= 11 is 0. The van der Waals surface area contributed by atoms with Crippen molar-refractivity contribution in [2.45, 2.75) is 66.7 Å². The molecule has 0 aromatic carbocycles. The summed E-state index contributed by atoms with van der Waals surface area (Å²) in [6.07, 6.45) is 15.2. The maximum absolute atomic E-state index is 8.53. The highest BCUT2D eigenvalue weighted by molar-refractivity contribution is 6.01. The lowest BCUT2D eigenvalue weighted by atomic mass is 10.0. The second-order valence-corrected chi connectivity index (χ2v) is 8.44. The number of aryl methyl sites for hydroxylation is 1. The molecule has 2 rings (SSSR count). The summed E-state index contributed by atoms with van der Waals surface area (Å²) < 4.78 is 0. The van der Waals surface area contributed by atoms with Crippen molar-refractivity contribution in [3.05, 3.63) is 59.2 Å². The van der Waals surface area contributed by atoms with Gasteiger partial charge in [0.1, 0.15) is 5.82 Å². The van der Waals surface area contributed by atoms with Gasteiger partial charge in [0.05, 0.1) is 0 Å². The third kappa shape index (κ3) is 7.46. The molecule has 1 aliphatic heterocycles. The Bertz CT molecular complexity index is 905. The number of aliphatic imine (C=N–C) groups is 1. The molecular formula is C27H38N4. The first kappa shape index (κ1) is 24.5. The zero-order chi connectivity index (χ0) is 22.8. The smallest absolute Gasteiger partial charge is 0.157 e. The molecule has 0 amide bonds. The number of hydrogen-bond acceptors (Lipinski definition) is 4. The van der Waals surface area contributed by atoms with Crippen molar-refractivity contribution >= 4 is 29.1 Å². The Kier molecular flexibility index (Phi) is 9.64. The third-order valence-electron chi connectivity index (χ3n) is 5.40. The summed E-state index contributed by atoms with van der Waals surface area (Å²) in [5.74, 6) is 1.82. The van der Waals surface area contributed by atoms with Crippen LogP contribution in [0.15, 0.2) is 53.1 Å². The highest BCUT2D eigenvalue weighted by Crippen LogP contribution is 2.29. The number of anilines is 1. The van der Waals surface area contributed by atoms with Crippen molar-refractivity contribution in [1.82, 2.24) is 4.98 Å². The lowest BCUT2D eigenvalue weighted by Gasteiger charge is -2.29. The van der Waals surface area contributed by atoms with Gasteiger partial charge in [0.15, 0.2) is 5.82 Å². The van der Waals surface area contributed by atoms with Crippen LogP contribution in [0.4, 0.5) is 11.6 Å². The first-order chi connectivity index (χ1) is 14.8. The number of aromatic nitrogens is 1. The zero-order valence-corrected chi connectivity index (χ0v) is 20.0. The van der Waals surface area contributed by atoms with Crippen molar-refractivity contribution in [2.75, 3.05) is 18.0 Å². The minimum absolute atomic E-state index is 0.569. The summed E-state index contributed by atoms with van der Waals surface area (Å²) in [6, 6.07) is 2.18. The molecule has 0 bridgehead atoms. The molecule has 0 aliphatic carbocycles. The third-order valence-corrected chi connectivity index (χ3v) is 5.40. The van der Waals surface area contributed by atoms with Crippen LogP contribution in [0.25, 0.3) is 6.08 Å². The summed E-state index contributed by atoms with van der Waals surface area (Å²) in [5.41, 5.74) is 5.97. The van der Waals surface area contributed by atoms with E-state index in [1.54, 1.807) is 6.08 Å². The fourth-order valence-electron chi connectivity index (χ4n) is 3.57. The van der Waals surface area contributed by atoms with E-state index in [1.807, 2.05) is 19.9 Å². The molecule has 1 aliphatic rings. The maximum Gasteiger partial charge on any atom is 0.157 e. The van der Waals surface area contributed by atoms with Gasteiger partial charge in [-0.1, -0.05) is 49.5 Å². The molecule has 31 heavy (non-hydrogen) atoms. The van der Waals surface area contributed by atoms with Gasteiger partial charge in [-0.2, -0.15) is 0 Å². The molecule has 0 unspecified atom stereocenters. The number of piperidine rings is 1. The quantitative estimate of drug-likeness (QED) is 0.336. The Labute approximate surface area is 188 Å². The van der Waals surface area contributed by atoms with E-state index in [0.29, 0.717) is 12.1 Å². The highest BCUT2D eigenvalue weighted by atomic mass is 15.2. The van der Waals surface area contributed by atoms with Gasteiger partial charge in [-0.3, -0.25) is 0 Å². The molecule has 0 radical (unpaired) electrons. The van der Waals surface area contributed by atoms with Crippen LogP contribution in [0.2, 0.25) is 0 Å². The van der Waals surface area contributed by atoms with Crippen molar-refractivity contribution < 1.29 is 0 Å². The van der Waals surface area contributed by atoms with Crippen LogP contribution >= 0.6 is 0 Å². The number of nitrogens with one attached hydrogen (secondary N) is 1. The fraction of sp³-hybridized carbons (Fsp3) is 0.444. The number of pyridine rings is 1. The Morgan fingerprint density at radius 2 is 1.94 bits per heavy atom. The lowest BCUT2D eigenvalue weighted by Crippen LogP contribution is -2.30. The topological polar surface area (TPSA) is 52.3 Å². The van der Waals surface area contributed by atoms with Crippen molar-refractivity contribution in [2.24, 2.45) is 4.99 Å².